The summed E-state index contributed by atoms with van der Waals surface area (Å²) in [5.74, 6) is 1.38. The summed E-state index contributed by atoms with van der Waals surface area (Å²) in [4.78, 5) is 19.3. The third-order valence-corrected chi connectivity index (χ3v) is 5.96. The zero-order valence-corrected chi connectivity index (χ0v) is 17.1. The molecule has 0 unspecified atom stereocenters. The Balaban J connectivity index is 1.53. The number of benzene rings is 1. The lowest BCUT2D eigenvalue weighted by Gasteiger charge is -2.38. The molecule has 2 aliphatic heterocycles. The van der Waals surface area contributed by atoms with Crippen LogP contribution >= 0.6 is 0 Å². The van der Waals surface area contributed by atoms with E-state index in [4.69, 9.17) is 9.73 Å². The Bertz CT molecular complexity index is 957. The minimum absolute atomic E-state index is 0.0934. The molecule has 0 bridgehead atoms. The fraction of sp³-hybridized carbons (Fsp3) is 0.476. The van der Waals surface area contributed by atoms with Gasteiger partial charge in [-0.05, 0) is 30.4 Å². The van der Waals surface area contributed by atoms with E-state index in [1.54, 1.807) is 22.9 Å². The smallest absolute Gasteiger partial charge is 0.322 e. The van der Waals surface area contributed by atoms with Crippen LogP contribution in [0.25, 0.3) is 11.1 Å². The van der Waals surface area contributed by atoms with Crippen LogP contribution in [0.15, 0.2) is 29.5 Å². The second kappa shape index (κ2) is 7.51. The quantitative estimate of drug-likeness (QED) is 0.832. The number of carbonyl (C=O) groups is 1. The van der Waals surface area contributed by atoms with Gasteiger partial charge in [0, 0.05) is 56.1 Å². The molecule has 8 heteroatoms. The topological polar surface area (TPSA) is 92.0 Å². The molecule has 8 nitrogen and oxygen atoms in total. The lowest BCUT2D eigenvalue weighted by molar-refractivity contribution is 0.0710. The SMILES string of the molecule is COc1ccc(-c2cnn(C)c2)c2c1CC(NC(=O)N1CCC(C)(CO)CC1)=N2. The van der Waals surface area contributed by atoms with Crippen LogP contribution in [0, 0.1) is 5.41 Å². The number of ether oxygens (including phenoxy) is 1. The van der Waals surface area contributed by atoms with Crippen LogP contribution in [-0.4, -0.2) is 58.5 Å². The third kappa shape index (κ3) is 3.72. The molecular formula is C21H27N5O3. The van der Waals surface area contributed by atoms with E-state index in [-0.39, 0.29) is 18.1 Å². The number of carbonyl (C=O) groups excluding carboxylic acids is 1. The van der Waals surface area contributed by atoms with Gasteiger partial charge in [0.05, 0.1) is 19.0 Å². The fourth-order valence-corrected chi connectivity index (χ4v) is 3.93. The molecule has 2 aromatic rings. The Morgan fingerprint density at radius 3 is 2.72 bits per heavy atom. The Hall–Kier alpha value is -2.87. The molecule has 2 N–H and O–H groups in total. The second-order valence-electron chi connectivity index (χ2n) is 8.17. The average Bonchev–Trinajstić information content (AvgIpc) is 3.33. The Kier molecular flexibility index (Phi) is 5.04. The number of aliphatic hydroxyl groups is 1. The number of amides is 2. The molecule has 2 amide bonds. The summed E-state index contributed by atoms with van der Waals surface area (Å²) in [5, 5.41) is 16.7. The lowest BCUT2D eigenvalue weighted by Crippen LogP contribution is -2.49. The number of methoxy groups -OCH3 is 1. The highest BCUT2D eigenvalue weighted by molar-refractivity contribution is 6.04. The van der Waals surface area contributed by atoms with Gasteiger partial charge in [-0.15, -0.1) is 0 Å². The van der Waals surface area contributed by atoms with Gasteiger partial charge in [-0.2, -0.15) is 5.10 Å². The molecule has 29 heavy (non-hydrogen) atoms. The Morgan fingerprint density at radius 2 is 2.10 bits per heavy atom. The molecule has 2 aliphatic rings. The van der Waals surface area contributed by atoms with Crippen molar-refractivity contribution < 1.29 is 14.6 Å². The first-order valence-electron chi connectivity index (χ1n) is 9.86. The van der Waals surface area contributed by atoms with Crippen LogP contribution in [0.3, 0.4) is 0 Å². The number of piperidine rings is 1. The third-order valence-electron chi connectivity index (χ3n) is 5.96. The normalized spacial score (nSPS) is 17.7. The summed E-state index contributed by atoms with van der Waals surface area (Å²) < 4.78 is 7.27. The van der Waals surface area contributed by atoms with Gasteiger partial charge in [-0.3, -0.25) is 10.00 Å². The molecule has 0 spiro atoms. The monoisotopic (exact) mass is 397 g/mol. The Morgan fingerprint density at radius 1 is 1.34 bits per heavy atom. The number of nitrogens with one attached hydrogen (secondary N) is 1. The van der Waals surface area contributed by atoms with Crippen LogP contribution in [0.2, 0.25) is 0 Å². The van der Waals surface area contributed by atoms with E-state index in [0.29, 0.717) is 25.3 Å². The highest BCUT2D eigenvalue weighted by atomic mass is 16.5. The predicted molar refractivity (Wildman–Crippen MR) is 111 cm³/mol. The van der Waals surface area contributed by atoms with Crippen LogP contribution in [0.1, 0.15) is 25.3 Å². The van der Waals surface area contributed by atoms with Crippen LogP contribution < -0.4 is 10.1 Å². The van der Waals surface area contributed by atoms with Gasteiger partial charge < -0.3 is 14.7 Å². The second-order valence-corrected chi connectivity index (χ2v) is 8.17. The summed E-state index contributed by atoms with van der Waals surface area (Å²) in [6.07, 6.45) is 5.85. The van der Waals surface area contributed by atoms with Gasteiger partial charge in [0.2, 0.25) is 0 Å². The lowest BCUT2D eigenvalue weighted by atomic mass is 9.81. The van der Waals surface area contributed by atoms with Gasteiger partial charge in [0.15, 0.2) is 0 Å². The molecule has 1 fully saturated rings. The Labute approximate surface area is 170 Å². The number of aryl methyl sites for hydroxylation is 1. The van der Waals surface area contributed by atoms with Crippen molar-refractivity contribution in [2.24, 2.45) is 17.5 Å². The number of likely N-dealkylation sites (tertiary alicyclic amines) is 1. The molecule has 1 aromatic heterocycles. The van der Waals surface area contributed by atoms with Crippen molar-refractivity contribution in [3.8, 4) is 16.9 Å². The van der Waals surface area contributed by atoms with Crippen molar-refractivity contribution in [1.29, 1.82) is 0 Å². The van der Waals surface area contributed by atoms with E-state index in [0.717, 1.165) is 41.0 Å². The standard InChI is InChI=1S/C21H27N5O3/c1-21(13-27)6-8-26(9-7-21)20(28)24-18-10-16-17(29-3)5-4-15(19(16)23-18)14-11-22-25(2)12-14/h4-5,11-12,27H,6-10,13H2,1-3H3,(H,23,24,28). The number of urea groups is 1. The number of rotatable bonds is 3. The number of hydrogen-bond acceptors (Lipinski definition) is 5. The van der Waals surface area contributed by atoms with E-state index < -0.39 is 0 Å². The molecule has 0 radical (unpaired) electrons. The van der Waals surface area contributed by atoms with Crippen molar-refractivity contribution in [1.82, 2.24) is 20.0 Å². The average molecular weight is 397 g/mol. The molecule has 1 saturated heterocycles. The van der Waals surface area contributed by atoms with E-state index in [9.17, 15) is 9.90 Å². The molecule has 154 valence electrons. The number of amidine groups is 1. The zero-order valence-electron chi connectivity index (χ0n) is 17.1. The van der Waals surface area contributed by atoms with Crippen LogP contribution in [0.5, 0.6) is 5.75 Å². The van der Waals surface area contributed by atoms with Gasteiger partial charge in [0.1, 0.15) is 11.6 Å². The predicted octanol–water partition coefficient (Wildman–Crippen LogP) is 2.49. The van der Waals surface area contributed by atoms with E-state index in [1.165, 1.54) is 0 Å². The number of hydrogen-bond donors (Lipinski definition) is 2. The minimum atomic E-state index is -0.140. The first kappa shape index (κ1) is 19.4. The van der Waals surface area contributed by atoms with Crippen molar-refractivity contribution in [3.63, 3.8) is 0 Å². The number of fused-ring (bicyclic) bond motifs is 1. The fourth-order valence-electron chi connectivity index (χ4n) is 3.93. The maximum absolute atomic E-state index is 12.7. The molecule has 1 aromatic carbocycles. The highest BCUT2D eigenvalue weighted by Gasteiger charge is 2.32. The van der Waals surface area contributed by atoms with Crippen molar-refractivity contribution in [3.05, 3.63) is 30.1 Å². The van der Waals surface area contributed by atoms with Gasteiger partial charge in [-0.1, -0.05) is 6.92 Å². The van der Waals surface area contributed by atoms with E-state index in [2.05, 4.69) is 17.3 Å². The molecule has 0 aliphatic carbocycles. The summed E-state index contributed by atoms with van der Waals surface area (Å²) in [7, 11) is 3.52. The van der Waals surface area contributed by atoms with Crippen molar-refractivity contribution in [2.45, 2.75) is 26.2 Å². The first-order chi connectivity index (χ1) is 13.9. The summed E-state index contributed by atoms with van der Waals surface area (Å²) in [6, 6.07) is 3.77. The van der Waals surface area contributed by atoms with E-state index >= 15 is 0 Å². The molecule has 0 atom stereocenters. The molecule has 4 rings (SSSR count). The highest BCUT2D eigenvalue weighted by Crippen LogP contribution is 2.42. The van der Waals surface area contributed by atoms with Gasteiger partial charge >= 0.3 is 6.03 Å². The van der Waals surface area contributed by atoms with E-state index in [1.807, 2.05) is 25.4 Å². The number of aromatic nitrogens is 2. The minimum Gasteiger partial charge on any atom is -0.496 e. The maximum atomic E-state index is 12.7. The number of aliphatic hydroxyl groups excluding tert-OH is 1. The zero-order chi connectivity index (χ0) is 20.6. The van der Waals surface area contributed by atoms with Gasteiger partial charge in [0.25, 0.3) is 0 Å². The van der Waals surface area contributed by atoms with Crippen LogP contribution in [0.4, 0.5) is 10.5 Å². The van der Waals surface area contributed by atoms with Gasteiger partial charge in [-0.25, -0.2) is 9.79 Å². The molecule has 0 saturated carbocycles. The maximum Gasteiger partial charge on any atom is 0.322 e. The largest absolute Gasteiger partial charge is 0.496 e. The number of nitrogens with zero attached hydrogens (tertiary/aromatic N) is 4. The van der Waals surface area contributed by atoms with Crippen molar-refractivity contribution in [2.75, 3.05) is 26.8 Å². The first-order valence-corrected chi connectivity index (χ1v) is 9.86. The summed E-state index contributed by atoms with van der Waals surface area (Å²) >= 11 is 0. The van der Waals surface area contributed by atoms with Crippen molar-refractivity contribution >= 4 is 17.6 Å². The molecule has 3 heterocycles. The molecular weight excluding hydrogens is 370 g/mol. The number of aliphatic imine (C=N–C) groups is 1. The van der Waals surface area contributed by atoms with Crippen LogP contribution in [-0.2, 0) is 13.5 Å². The summed E-state index contributed by atoms with van der Waals surface area (Å²) in [6.45, 7) is 3.48. The summed E-state index contributed by atoms with van der Waals surface area (Å²) in [5.41, 5.74) is 3.64.